The average molecular weight is 491 g/mol. The molecule has 9 nitrogen and oxygen atoms in total. The Morgan fingerprint density at radius 3 is 2.06 bits per heavy atom. The number of carbonyl (C=O) groups is 4. The highest BCUT2D eigenvalue weighted by molar-refractivity contribution is 7.89. The summed E-state index contributed by atoms with van der Waals surface area (Å²) < 4.78 is 31.9. The third-order valence-corrected chi connectivity index (χ3v) is 8.88. The van der Waals surface area contributed by atoms with Gasteiger partial charge in [-0.2, -0.15) is 4.31 Å². The van der Waals surface area contributed by atoms with E-state index in [0.717, 1.165) is 37.0 Å². The van der Waals surface area contributed by atoms with Gasteiger partial charge in [0.15, 0.2) is 12.4 Å². The fraction of sp³-hybridized carbons (Fsp3) is 0.583. The van der Waals surface area contributed by atoms with E-state index in [2.05, 4.69) is 0 Å². The number of hydrogen-bond acceptors (Lipinski definition) is 7. The summed E-state index contributed by atoms with van der Waals surface area (Å²) in [7, 11) is -3.59. The molecule has 1 aliphatic carbocycles. The molecule has 2 atom stereocenters. The maximum absolute atomic E-state index is 12.7. The lowest BCUT2D eigenvalue weighted by molar-refractivity contribution is -0.145. The number of rotatable bonds is 8. The van der Waals surface area contributed by atoms with Crippen molar-refractivity contribution in [3.63, 3.8) is 0 Å². The van der Waals surface area contributed by atoms with Crippen LogP contribution in [-0.4, -0.2) is 67.4 Å². The number of carbonyl (C=O) groups excluding carboxylic acids is 4. The molecule has 0 spiro atoms. The molecule has 1 saturated carbocycles. The van der Waals surface area contributed by atoms with E-state index in [-0.39, 0.29) is 47.1 Å². The topological polar surface area (TPSA) is 118 Å². The molecule has 3 aliphatic rings. The molecule has 10 heteroatoms. The summed E-state index contributed by atoms with van der Waals surface area (Å²) in [6, 6.07) is 5.61. The Labute approximate surface area is 199 Å². The highest BCUT2D eigenvalue weighted by Gasteiger charge is 2.47. The van der Waals surface area contributed by atoms with Gasteiger partial charge < -0.3 is 4.74 Å². The second kappa shape index (κ2) is 10.4. The number of amides is 2. The van der Waals surface area contributed by atoms with E-state index in [1.807, 2.05) is 0 Å². The van der Waals surface area contributed by atoms with Crippen molar-refractivity contribution < 1.29 is 32.3 Å². The van der Waals surface area contributed by atoms with Crippen LogP contribution in [0.25, 0.3) is 0 Å². The first-order valence-corrected chi connectivity index (χ1v) is 13.4. The molecule has 0 radical (unpaired) electrons. The van der Waals surface area contributed by atoms with Crippen molar-refractivity contribution in [2.75, 3.05) is 26.2 Å². The predicted molar refractivity (Wildman–Crippen MR) is 121 cm³/mol. The van der Waals surface area contributed by atoms with Crippen molar-refractivity contribution >= 4 is 33.6 Å². The minimum atomic E-state index is -3.59. The standard InChI is InChI=1S/C24H30N2O7S/c27-21(17-8-10-18(11-9-17)34(31,32)25-13-4-1-5-14-25)16-33-22(28)12-15-26-23(29)19-6-2-3-7-20(19)24(26)30/h8-11,19-20H,1-7,12-16H2. The Bertz CT molecular complexity index is 1040. The van der Waals surface area contributed by atoms with Crippen molar-refractivity contribution in [2.45, 2.75) is 56.3 Å². The van der Waals surface area contributed by atoms with Gasteiger partial charge in [-0.05, 0) is 49.9 Å². The van der Waals surface area contributed by atoms with Crippen molar-refractivity contribution in [3.05, 3.63) is 29.8 Å². The molecule has 34 heavy (non-hydrogen) atoms. The summed E-state index contributed by atoms with van der Waals surface area (Å²) in [6.45, 7) is 0.453. The first kappa shape index (κ1) is 24.5. The highest BCUT2D eigenvalue weighted by atomic mass is 32.2. The van der Waals surface area contributed by atoms with Crippen LogP contribution in [0.3, 0.4) is 0 Å². The van der Waals surface area contributed by atoms with E-state index in [0.29, 0.717) is 25.9 Å². The van der Waals surface area contributed by atoms with Crippen molar-refractivity contribution in [2.24, 2.45) is 11.8 Å². The zero-order valence-electron chi connectivity index (χ0n) is 19.1. The van der Waals surface area contributed by atoms with Gasteiger partial charge in [-0.15, -0.1) is 0 Å². The van der Waals surface area contributed by atoms with Gasteiger partial charge in [0.05, 0.1) is 23.2 Å². The van der Waals surface area contributed by atoms with Crippen LogP contribution in [0.4, 0.5) is 0 Å². The number of benzene rings is 1. The molecule has 0 bridgehead atoms. The minimum Gasteiger partial charge on any atom is -0.457 e. The minimum absolute atomic E-state index is 0.0409. The first-order valence-electron chi connectivity index (χ1n) is 11.9. The largest absolute Gasteiger partial charge is 0.457 e. The second-order valence-electron chi connectivity index (χ2n) is 9.15. The molecule has 1 aromatic carbocycles. The maximum atomic E-state index is 12.7. The Morgan fingerprint density at radius 2 is 1.47 bits per heavy atom. The summed E-state index contributed by atoms with van der Waals surface area (Å²) in [4.78, 5) is 50.7. The highest BCUT2D eigenvalue weighted by Crippen LogP contribution is 2.38. The fourth-order valence-corrected chi connectivity index (χ4v) is 6.54. The monoisotopic (exact) mass is 490 g/mol. The Balaban J connectivity index is 1.26. The summed E-state index contributed by atoms with van der Waals surface area (Å²) in [5, 5.41) is 0. The fourth-order valence-electron chi connectivity index (χ4n) is 5.02. The number of Topliss-reactive ketones (excluding diaryl/α,β-unsaturated/α-hetero) is 1. The number of hydrogen-bond donors (Lipinski definition) is 0. The van der Waals surface area contributed by atoms with E-state index >= 15 is 0 Å². The van der Waals surface area contributed by atoms with Gasteiger partial charge in [-0.1, -0.05) is 19.3 Å². The number of fused-ring (bicyclic) bond motifs is 1. The quantitative estimate of drug-likeness (QED) is 0.311. The molecule has 0 aromatic heterocycles. The lowest BCUT2D eigenvalue weighted by Crippen LogP contribution is -2.35. The van der Waals surface area contributed by atoms with Crippen LogP contribution in [0.1, 0.15) is 61.7 Å². The summed E-state index contributed by atoms with van der Waals surface area (Å²) in [5.74, 6) is -2.08. The average Bonchev–Trinajstić information content (AvgIpc) is 3.11. The summed E-state index contributed by atoms with van der Waals surface area (Å²) in [6.07, 6.45) is 5.81. The number of piperidine rings is 1. The van der Waals surface area contributed by atoms with Crippen LogP contribution in [-0.2, 0) is 29.1 Å². The number of nitrogens with zero attached hydrogens (tertiary/aromatic N) is 2. The van der Waals surface area contributed by atoms with Crippen molar-refractivity contribution in [1.82, 2.24) is 9.21 Å². The number of sulfonamides is 1. The molecule has 2 amide bonds. The molecule has 2 aliphatic heterocycles. The van der Waals surface area contributed by atoms with Gasteiger partial charge in [0, 0.05) is 25.2 Å². The van der Waals surface area contributed by atoms with E-state index in [9.17, 15) is 27.6 Å². The van der Waals surface area contributed by atoms with E-state index in [4.69, 9.17) is 4.74 Å². The SMILES string of the molecule is O=C(CCN1C(=O)C2CCCCC2C1=O)OCC(=O)c1ccc(S(=O)(=O)N2CCCCC2)cc1. The normalized spacial score (nSPS) is 23.6. The van der Waals surface area contributed by atoms with Gasteiger partial charge in [-0.3, -0.25) is 24.1 Å². The first-order chi connectivity index (χ1) is 16.3. The molecule has 184 valence electrons. The lowest BCUT2D eigenvalue weighted by atomic mass is 9.81. The van der Waals surface area contributed by atoms with Gasteiger partial charge in [-0.25, -0.2) is 8.42 Å². The van der Waals surface area contributed by atoms with Crippen LogP contribution in [0.5, 0.6) is 0 Å². The van der Waals surface area contributed by atoms with Gasteiger partial charge in [0.25, 0.3) is 0 Å². The van der Waals surface area contributed by atoms with Gasteiger partial charge in [0.1, 0.15) is 0 Å². The van der Waals surface area contributed by atoms with E-state index in [1.54, 1.807) is 0 Å². The Hall–Kier alpha value is -2.59. The molecular formula is C24H30N2O7S. The zero-order chi connectivity index (χ0) is 24.3. The molecule has 1 aromatic rings. The number of imide groups is 1. The Morgan fingerprint density at radius 1 is 0.882 bits per heavy atom. The van der Waals surface area contributed by atoms with Crippen LogP contribution < -0.4 is 0 Å². The van der Waals surface area contributed by atoms with Crippen LogP contribution in [0.2, 0.25) is 0 Å². The number of ether oxygens (including phenoxy) is 1. The predicted octanol–water partition coefficient (Wildman–Crippen LogP) is 2.15. The molecule has 3 fully saturated rings. The van der Waals surface area contributed by atoms with E-state index < -0.39 is 28.4 Å². The maximum Gasteiger partial charge on any atom is 0.308 e. The lowest BCUT2D eigenvalue weighted by Gasteiger charge is -2.25. The van der Waals surface area contributed by atoms with Gasteiger partial charge >= 0.3 is 5.97 Å². The smallest absolute Gasteiger partial charge is 0.308 e. The molecule has 0 N–H and O–H groups in total. The third kappa shape index (κ3) is 5.07. The number of ketones is 1. The zero-order valence-corrected chi connectivity index (χ0v) is 19.9. The van der Waals surface area contributed by atoms with Crippen molar-refractivity contribution in [1.29, 1.82) is 0 Å². The molecule has 2 saturated heterocycles. The molecule has 4 rings (SSSR count). The Kier molecular flexibility index (Phi) is 7.47. The van der Waals surface area contributed by atoms with Crippen LogP contribution in [0.15, 0.2) is 29.2 Å². The van der Waals surface area contributed by atoms with Crippen LogP contribution in [0, 0.1) is 11.8 Å². The van der Waals surface area contributed by atoms with Crippen LogP contribution >= 0.6 is 0 Å². The molecular weight excluding hydrogens is 460 g/mol. The van der Waals surface area contributed by atoms with E-state index in [1.165, 1.54) is 28.6 Å². The number of esters is 1. The third-order valence-electron chi connectivity index (χ3n) is 6.97. The van der Waals surface area contributed by atoms with Gasteiger partial charge in [0.2, 0.25) is 21.8 Å². The summed E-state index contributed by atoms with van der Waals surface area (Å²) in [5.41, 5.74) is 0.236. The second-order valence-corrected chi connectivity index (χ2v) is 11.1. The number of likely N-dealkylation sites (tertiary alicyclic amines) is 1. The summed E-state index contributed by atoms with van der Waals surface area (Å²) >= 11 is 0. The molecule has 2 unspecified atom stereocenters. The van der Waals surface area contributed by atoms with Crippen molar-refractivity contribution in [3.8, 4) is 0 Å². The molecule has 2 heterocycles.